The van der Waals surface area contributed by atoms with Crippen LogP contribution >= 0.6 is 7.77 Å². The van der Waals surface area contributed by atoms with Crippen molar-refractivity contribution in [2.45, 2.75) is 39.5 Å². The lowest BCUT2D eigenvalue weighted by Gasteiger charge is -2.15. The highest BCUT2D eigenvalue weighted by Gasteiger charge is 2.28. The van der Waals surface area contributed by atoms with Gasteiger partial charge < -0.3 is 14.4 Å². The Bertz CT molecular complexity index is 426. The van der Waals surface area contributed by atoms with Crippen molar-refractivity contribution in [2.24, 2.45) is 5.92 Å². The van der Waals surface area contributed by atoms with E-state index in [-0.39, 0.29) is 5.97 Å². The van der Waals surface area contributed by atoms with Gasteiger partial charge in [-0.15, -0.1) is 0 Å². The van der Waals surface area contributed by atoms with Gasteiger partial charge in [0.05, 0.1) is 21.0 Å². The molecule has 0 N–H and O–H groups in total. The quantitative estimate of drug-likeness (QED) is 0.352. The van der Waals surface area contributed by atoms with Gasteiger partial charge in [0.25, 0.3) is 0 Å². The molecular weight excluding hydrogens is 299 g/mol. The molecular formula is C17H27O4P. The first-order valence-electron chi connectivity index (χ1n) is 8.11. The van der Waals surface area contributed by atoms with Gasteiger partial charge in [-0.2, -0.15) is 0 Å². The molecule has 0 saturated carbocycles. The van der Waals surface area contributed by atoms with Gasteiger partial charge in [-0.3, -0.25) is 4.79 Å². The van der Waals surface area contributed by atoms with Crippen LogP contribution in [-0.2, 0) is 14.3 Å². The Morgan fingerprint density at radius 3 is 2.64 bits per heavy atom. The highest BCUT2D eigenvalue weighted by molar-refractivity contribution is 7.52. The third kappa shape index (κ3) is 6.87. The van der Waals surface area contributed by atoms with Crippen LogP contribution in [0.4, 0.5) is 0 Å². The Balaban J connectivity index is 2.55. The topological polar surface area (TPSA) is 58.6 Å². The summed E-state index contributed by atoms with van der Waals surface area (Å²) in [6.45, 7) is 5.74. The summed E-state index contributed by atoms with van der Waals surface area (Å²) in [6, 6.07) is 0. The molecule has 0 saturated heterocycles. The van der Waals surface area contributed by atoms with Crippen molar-refractivity contribution in [2.75, 3.05) is 26.0 Å². The van der Waals surface area contributed by atoms with Gasteiger partial charge in [0.1, 0.15) is 17.4 Å². The number of esters is 1. The van der Waals surface area contributed by atoms with Crippen molar-refractivity contribution in [3.63, 3.8) is 0 Å². The molecule has 1 rings (SSSR count). The van der Waals surface area contributed by atoms with Crippen molar-refractivity contribution in [1.82, 2.24) is 0 Å². The van der Waals surface area contributed by atoms with E-state index in [1.165, 1.54) is 0 Å². The van der Waals surface area contributed by atoms with Crippen LogP contribution in [0.3, 0.4) is 0 Å². The van der Waals surface area contributed by atoms with Gasteiger partial charge >= 0.3 is 5.97 Å². The Morgan fingerprint density at radius 2 is 1.91 bits per heavy atom. The number of carbonyl (C=O) groups excluding carboxylic acids is 1. The molecule has 22 heavy (non-hydrogen) atoms. The second-order valence-electron chi connectivity index (χ2n) is 5.24. The monoisotopic (exact) mass is 326 g/mol. The van der Waals surface area contributed by atoms with E-state index in [0.29, 0.717) is 31.3 Å². The van der Waals surface area contributed by atoms with E-state index in [9.17, 15) is 9.69 Å². The molecule has 0 spiro atoms. The molecule has 0 heterocycles. The summed E-state index contributed by atoms with van der Waals surface area (Å²) >= 11 is 0. The fourth-order valence-electron chi connectivity index (χ4n) is 2.00. The molecule has 0 aromatic heterocycles. The summed E-state index contributed by atoms with van der Waals surface area (Å²) in [5, 5.41) is 0.651. The number of hydrogen-bond donors (Lipinski definition) is 0. The Labute approximate surface area is 134 Å². The lowest BCUT2D eigenvalue weighted by molar-refractivity contribution is -0.154. The third-order valence-corrected chi connectivity index (χ3v) is 4.96. The highest BCUT2D eigenvalue weighted by Crippen LogP contribution is 2.24. The molecule has 0 bridgehead atoms. The first kappa shape index (κ1) is 19.1. The zero-order valence-electron chi connectivity index (χ0n) is 13.6. The van der Waals surface area contributed by atoms with Gasteiger partial charge in [-0.25, -0.2) is 0 Å². The third-order valence-electron chi connectivity index (χ3n) is 3.37. The van der Waals surface area contributed by atoms with E-state index >= 15 is 0 Å². The van der Waals surface area contributed by atoms with Crippen molar-refractivity contribution in [1.29, 1.82) is 0 Å². The Hall–Kier alpha value is -0.960. The molecule has 1 aliphatic rings. The lowest BCUT2D eigenvalue weighted by Crippen LogP contribution is -2.26. The van der Waals surface area contributed by atoms with E-state index in [0.717, 1.165) is 25.7 Å². The molecule has 2 unspecified atom stereocenters. The summed E-state index contributed by atoms with van der Waals surface area (Å²) in [5.74, 6) is -0.819. The van der Waals surface area contributed by atoms with Crippen molar-refractivity contribution in [3.8, 4) is 0 Å². The fraction of sp³-hybridized carbons (Fsp3) is 0.647. The Morgan fingerprint density at radius 1 is 1.18 bits per heavy atom. The normalized spacial score (nSPS) is 19.3. The zero-order chi connectivity index (χ0) is 16.2. The summed E-state index contributed by atoms with van der Waals surface area (Å²) in [7, 11) is -1.61. The van der Waals surface area contributed by atoms with Crippen molar-refractivity contribution >= 4 is 19.0 Å². The fourth-order valence-corrected chi connectivity index (χ4v) is 3.31. The number of unbranched alkanes of at least 4 members (excludes halogenated alkanes) is 2. The van der Waals surface area contributed by atoms with Crippen LogP contribution in [0.25, 0.3) is 0 Å². The van der Waals surface area contributed by atoms with Crippen LogP contribution in [0, 0.1) is 5.92 Å². The SMILES string of the molecule is CCCCOCC[P+]([O-])=C1C=CC=CC1C(=O)OCCCC. The summed E-state index contributed by atoms with van der Waals surface area (Å²) in [4.78, 5) is 24.5. The van der Waals surface area contributed by atoms with Crippen molar-refractivity contribution < 1.29 is 19.2 Å². The van der Waals surface area contributed by atoms with Crippen LogP contribution < -0.4 is 4.89 Å². The standard InChI is InChI=1S/C17H27O4P/c1-3-5-11-20-13-14-22(19)16-10-8-7-9-15(16)17(18)21-12-6-4-2/h7-10,15H,3-6,11-14H2,1-2H3. The van der Waals surface area contributed by atoms with E-state index < -0.39 is 13.7 Å². The summed E-state index contributed by atoms with van der Waals surface area (Å²) in [6.07, 6.45) is 11.5. The predicted molar refractivity (Wildman–Crippen MR) is 90.2 cm³/mol. The second-order valence-corrected chi connectivity index (χ2v) is 6.96. The molecule has 0 aliphatic heterocycles. The molecule has 5 heteroatoms. The maximum Gasteiger partial charge on any atom is 0.321 e. The number of carbonyl (C=O) groups is 1. The number of hydrogen-bond acceptors (Lipinski definition) is 4. The largest absolute Gasteiger partial charge is 0.630 e. The molecule has 0 amide bonds. The molecule has 124 valence electrons. The first-order chi connectivity index (χ1) is 10.7. The van der Waals surface area contributed by atoms with Gasteiger partial charge in [0.2, 0.25) is 0 Å². The minimum absolute atomic E-state index is 0.306. The van der Waals surface area contributed by atoms with Gasteiger partial charge in [0.15, 0.2) is 0 Å². The van der Waals surface area contributed by atoms with E-state index in [1.807, 2.05) is 13.0 Å². The van der Waals surface area contributed by atoms with E-state index in [1.54, 1.807) is 18.2 Å². The molecule has 2 atom stereocenters. The van der Waals surface area contributed by atoms with Gasteiger partial charge in [0, 0.05) is 6.61 Å². The second kappa shape index (κ2) is 11.6. The van der Waals surface area contributed by atoms with Crippen LogP contribution in [0.1, 0.15) is 39.5 Å². The van der Waals surface area contributed by atoms with E-state index in [2.05, 4.69) is 6.92 Å². The van der Waals surface area contributed by atoms with Crippen LogP contribution in [-0.4, -0.2) is 37.2 Å². The lowest BCUT2D eigenvalue weighted by atomic mass is 10.0. The zero-order valence-corrected chi connectivity index (χ0v) is 14.5. The first-order valence-corrected chi connectivity index (χ1v) is 9.56. The minimum Gasteiger partial charge on any atom is -0.630 e. The van der Waals surface area contributed by atoms with Gasteiger partial charge in [-0.1, -0.05) is 44.9 Å². The molecule has 0 aromatic carbocycles. The molecule has 0 radical (unpaired) electrons. The Kier molecular flexibility index (Phi) is 10.1. The number of rotatable bonds is 10. The highest BCUT2D eigenvalue weighted by atomic mass is 31.1. The summed E-state index contributed by atoms with van der Waals surface area (Å²) in [5.41, 5.74) is 0. The van der Waals surface area contributed by atoms with Crippen LogP contribution in [0.15, 0.2) is 24.3 Å². The maximum atomic E-state index is 12.4. The number of ether oxygens (including phenoxy) is 2. The maximum absolute atomic E-state index is 12.4. The molecule has 0 fully saturated rings. The van der Waals surface area contributed by atoms with E-state index in [4.69, 9.17) is 9.47 Å². The van der Waals surface area contributed by atoms with Gasteiger partial charge in [-0.05, 0) is 18.9 Å². The number of allylic oxidation sites excluding steroid dienone is 3. The average molecular weight is 326 g/mol. The average Bonchev–Trinajstić information content (AvgIpc) is 2.54. The minimum atomic E-state index is -1.61. The predicted octanol–water partition coefficient (Wildman–Crippen LogP) is 2.82. The smallest absolute Gasteiger partial charge is 0.321 e. The molecule has 1 aliphatic carbocycles. The molecule has 4 nitrogen and oxygen atoms in total. The van der Waals surface area contributed by atoms with Crippen LogP contribution in [0.2, 0.25) is 0 Å². The molecule has 0 aromatic rings. The van der Waals surface area contributed by atoms with Crippen LogP contribution in [0.5, 0.6) is 0 Å². The van der Waals surface area contributed by atoms with Crippen molar-refractivity contribution in [3.05, 3.63) is 24.3 Å². The summed E-state index contributed by atoms with van der Waals surface area (Å²) < 4.78 is 10.7.